The van der Waals surface area contributed by atoms with E-state index in [-0.39, 0.29) is 41.5 Å². The Morgan fingerprint density at radius 3 is 2.31 bits per heavy atom. The third kappa shape index (κ3) is 4.22. The van der Waals surface area contributed by atoms with Gasteiger partial charge in [-0.25, -0.2) is 8.42 Å². The molecule has 2 aromatic rings. The van der Waals surface area contributed by atoms with Gasteiger partial charge in [-0.2, -0.15) is 4.31 Å². The molecule has 1 fully saturated rings. The quantitative estimate of drug-likeness (QED) is 0.794. The van der Waals surface area contributed by atoms with Crippen LogP contribution < -0.4 is 5.56 Å². The minimum atomic E-state index is -3.72. The van der Waals surface area contributed by atoms with Gasteiger partial charge < -0.3 is 14.6 Å². The third-order valence-electron chi connectivity index (χ3n) is 5.00. The van der Waals surface area contributed by atoms with Crippen LogP contribution in [0.2, 0.25) is 0 Å². The molecule has 1 saturated heterocycles. The van der Waals surface area contributed by atoms with E-state index in [0.29, 0.717) is 24.1 Å². The topological polar surface area (TPSA) is 99.8 Å². The first-order valence-corrected chi connectivity index (χ1v) is 11.1. The highest BCUT2D eigenvalue weighted by Gasteiger charge is 2.28. The molecule has 1 aliphatic rings. The molecule has 0 bridgehead atoms. The molecule has 1 aromatic heterocycles. The molecule has 8 nitrogen and oxygen atoms in total. The van der Waals surface area contributed by atoms with Gasteiger partial charge in [0.15, 0.2) is 0 Å². The largest absolute Gasteiger partial charge is 0.379 e. The van der Waals surface area contributed by atoms with Gasteiger partial charge in [-0.3, -0.25) is 9.59 Å². The fraction of sp³-hybridized carbons (Fsp3) is 0.500. The van der Waals surface area contributed by atoms with Crippen molar-refractivity contribution in [2.75, 3.05) is 26.3 Å². The van der Waals surface area contributed by atoms with Crippen molar-refractivity contribution in [1.82, 2.24) is 14.2 Å². The number of hydrogen-bond donors (Lipinski definition) is 1. The van der Waals surface area contributed by atoms with Gasteiger partial charge in [-0.15, -0.1) is 0 Å². The standard InChI is InChI=1S/C20H27N3O5S/c1-13(2)23(14(3)4)20(25)17-12-19(24)21-18-6-5-15(11-16(17)18)29(26,27)22-7-9-28-10-8-22/h5-6,11-14H,7-10H2,1-4H3,(H,21,24). The Kier molecular flexibility index (Phi) is 6.11. The number of benzene rings is 1. The third-order valence-corrected chi connectivity index (χ3v) is 6.89. The summed E-state index contributed by atoms with van der Waals surface area (Å²) < 4.78 is 32.7. The molecular weight excluding hydrogens is 394 g/mol. The summed E-state index contributed by atoms with van der Waals surface area (Å²) >= 11 is 0. The van der Waals surface area contributed by atoms with Crippen molar-refractivity contribution in [3.63, 3.8) is 0 Å². The van der Waals surface area contributed by atoms with Gasteiger partial charge in [0.25, 0.3) is 5.91 Å². The van der Waals surface area contributed by atoms with Gasteiger partial charge in [0, 0.05) is 42.1 Å². The van der Waals surface area contributed by atoms with Gasteiger partial charge in [0.1, 0.15) is 0 Å². The van der Waals surface area contributed by atoms with Crippen LogP contribution in [0.15, 0.2) is 34.0 Å². The van der Waals surface area contributed by atoms with E-state index in [2.05, 4.69) is 4.98 Å². The number of amides is 1. The van der Waals surface area contributed by atoms with Crippen LogP contribution in [0, 0.1) is 0 Å². The minimum absolute atomic E-state index is 0.0721. The molecule has 2 heterocycles. The molecule has 1 amide bonds. The summed E-state index contributed by atoms with van der Waals surface area (Å²) in [5.41, 5.74) is 0.219. The number of H-pyrrole nitrogens is 1. The summed E-state index contributed by atoms with van der Waals surface area (Å²) in [5, 5.41) is 0.412. The number of sulfonamides is 1. The zero-order chi connectivity index (χ0) is 21.3. The molecule has 0 aliphatic carbocycles. The fourth-order valence-electron chi connectivity index (χ4n) is 3.71. The number of nitrogens with zero attached hydrogens (tertiary/aromatic N) is 2. The number of fused-ring (bicyclic) bond motifs is 1. The number of aromatic amines is 1. The van der Waals surface area contributed by atoms with E-state index in [1.54, 1.807) is 4.90 Å². The van der Waals surface area contributed by atoms with Gasteiger partial charge in [-0.1, -0.05) is 0 Å². The molecule has 0 spiro atoms. The molecule has 29 heavy (non-hydrogen) atoms. The van der Waals surface area contributed by atoms with Crippen LogP contribution in [0.3, 0.4) is 0 Å². The Bertz CT molecular complexity index is 1060. The van der Waals surface area contributed by atoms with E-state index in [1.165, 1.54) is 28.6 Å². The molecule has 3 rings (SSSR count). The van der Waals surface area contributed by atoms with E-state index in [0.717, 1.165) is 0 Å². The summed E-state index contributed by atoms with van der Waals surface area (Å²) in [6, 6.07) is 5.57. The Morgan fingerprint density at radius 1 is 1.10 bits per heavy atom. The smallest absolute Gasteiger partial charge is 0.255 e. The van der Waals surface area contributed by atoms with Crippen molar-refractivity contribution in [2.24, 2.45) is 0 Å². The first-order valence-electron chi connectivity index (χ1n) is 9.70. The van der Waals surface area contributed by atoms with E-state index < -0.39 is 15.6 Å². The summed E-state index contributed by atoms with van der Waals surface area (Å²) in [7, 11) is -3.72. The van der Waals surface area contributed by atoms with Crippen LogP contribution in [0.5, 0.6) is 0 Å². The van der Waals surface area contributed by atoms with Crippen molar-refractivity contribution < 1.29 is 17.9 Å². The number of morpholine rings is 1. The number of nitrogens with one attached hydrogen (secondary N) is 1. The molecule has 0 unspecified atom stereocenters. The second kappa shape index (κ2) is 8.25. The second-order valence-corrected chi connectivity index (χ2v) is 9.61. The van der Waals surface area contributed by atoms with E-state index in [9.17, 15) is 18.0 Å². The molecule has 0 saturated carbocycles. The fourth-order valence-corrected chi connectivity index (χ4v) is 5.15. The Labute approximate surface area is 170 Å². The molecule has 1 aliphatic heterocycles. The Morgan fingerprint density at radius 2 is 1.72 bits per heavy atom. The second-order valence-electron chi connectivity index (χ2n) is 7.67. The zero-order valence-electron chi connectivity index (χ0n) is 17.1. The van der Waals surface area contributed by atoms with Crippen LogP contribution in [-0.4, -0.2) is 66.9 Å². The van der Waals surface area contributed by atoms with Crippen LogP contribution in [0.1, 0.15) is 38.1 Å². The Balaban J connectivity index is 2.15. The van der Waals surface area contributed by atoms with Gasteiger partial charge in [-0.05, 0) is 45.9 Å². The first kappa shape index (κ1) is 21.5. The van der Waals surface area contributed by atoms with Crippen molar-refractivity contribution >= 4 is 26.8 Å². The average Bonchev–Trinajstić information content (AvgIpc) is 2.67. The lowest BCUT2D eigenvalue weighted by molar-refractivity contribution is 0.0645. The number of rotatable bonds is 5. The Hall–Kier alpha value is -2.23. The molecular formula is C20H27N3O5S. The number of carbonyl (C=O) groups excluding carboxylic acids is 1. The van der Waals surface area contributed by atoms with Crippen LogP contribution in [0.25, 0.3) is 10.9 Å². The highest BCUT2D eigenvalue weighted by molar-refractivity contribution is 7.89. The monoisotopic (exact) mass is 421 g/mol. The van der Waals surface area contributed by atoms with Gasteiger partial charge >= 0.3 is 0 Å². The van der Waals surface area contributed by atoms with Crippen LogP contribution in [0.4, 0.5) is 0 Å². The number of hydrogen-bond acceptors (Lipinski definition) is 5. The number of aromatic nitrogens is 1. The normalized spacial score (nSPS) is 15.9. The lowest BCUT2D eigenvalue weighted by Gasteiger charge is -2.31. The van der Waals surface area contributed by atoms with E-state index in [4.69, 9.17) is 4.74 Å². The molecule has 9 heteroatoms. The lowest BCUT2D eigenvalue weighted by Crippen LogP contribution is -2.42. The van der Waals surface area contributed by atoms with Gasteiger partial charge in [0.05, 0.1) is 23.7 Å². The first-order chi connectivity index (χ1) is 13.6. The SMILES string of the molecule is CC(C)N(C(=O)c1cc(=O)[nH]c2ccc(S(=O)(=O)N3CCOCC3)cc12)C(C)C. The zero-order valence-corrected chi connectivity index (χ0v) is 18.0. The van der Waals surface area contributed by atoms with E-state index in [1.807, 2.05) is 27.7 Å². The van der Waals surface area contributed by atoms with Crippen molar-refractivity contribution in [2.45, 2.75) is 44.7 Å². The summed E-state index contributed by atoms with van der Waals surface area (Å²) in [5.74, 6) is -0.299. The molecule has 0 radical (unpaired) electrons. The highest BCUT2D eigenvalue weighted by atomic mass is 32.2. The highest BCUT2D eigenvalue weighted by Crippen LogP contribution is 2.25. The predicted molar refractivity (Wildman–Crippen MR) is 111 cm³/mol. The predicted octanol–water partition coefficient (Wildman–Crippen LogP) is 1.81. The average molecular weight is 422 g/mol. The minimum Gasteiger partial charge on any atom is -0.379 e. The number of carbonyl (C=O) groups is 1. The van der Waals surface area contributed by atoms with Crippen molar-refractivity contribution in [3.05, 3.63) is 40.2 Å². The summed E-state index contributed by atoms with van der Waals surface area (Å²) in [4.78, 5) is 29.8. The van der Waals surface area contributed by atoms with Gasteiger partial charge in [0.2, 0.25) is 15.6 Å². The van der Waals surface area contributed by atoms with Crippen LogP contribution in [-0.2, 0) is 14.8 Å². The maximum absolute atomic E-state index is 13.3. The van der Waals surface area contributed by atoms with Crippen LogP contribution >= 0.6 is 0 Å². The number of ether oxygens (including phenoxy) is 1. The lowest BCUT2D eigenvalue weighted by atomic mass is 10.1. The summed E-state index contributed by atoms with van der Waals surface area (Å²) in [6.07, 6.45) is 0. The molecule has 0 atom stereocenters. The van der Waals surface area contributed by atoms with Crippen molar-refractivity contribution in [1.29, 1.82) is 0 Å². The van der Waals surface area contributed by atoms with E-state index >= 15 is 0 Å². The maximum atomic E-state index is 13.3. The molecule has 1 N–H and O–H groups in total. The summed E-state index contributed by atoms with van der Waals surface area (Å²) in [6.45, 7) is 8.88. The molecule has 158 valence electrons. The maximum Gasteiger partial charge on any atom is 0.255 e. The number of pyridine rings is 1. The van der Waals surface area contributed by atoms with Crippen molar-refractivity contribution in [3.8, 4) is 0 Å². The molecule has 1 aromatic carbocycles.